The number of aryl methyl sites for hydroxylation is 2. The van der Waals surface area contributed by atoms with Crippen LogP contribution < -0.4 is 0 Å². The molecule has 0 N–H and O–H groups in total. The molecule has 1 aliphatic rings. The standard InChI is InChI=1S/C23H23N5O4/c1-14-12-18(27(29)30)8-10-20(14)24-16(3)22-6-5-7-23(26-22)17(4)25-21-11-9-19(28(31)32)13-15(21)2/h6,8-13H,5,7H2,1-4H3. The van der Waals surface area contributed by atoms with Gasteiger partial charge >= 0.3 is 0 Å². The summed E-state index contributed by atoms with van der Waals surface area (Å²) < 4.78 is 0. The van der Waals surface area contributed by atoms with Crippen molar-refractivity contribution in [1.29, 1.82) is 0 Å². The number of hydrogen-bond donors (Lipinski definition) is 0. The topological polar surface area (TPSA) is 123 Å². The van der Waals surface area contributed by atoms with Crippen molar-refractivity contribution in [3.05, 3.63) is 79.5 Å². The number of benzene rings is 2. The van der Waals surface area contributed by atoms with Crippen LogP contribution in [-0.2, 0) is 0 Å². The zero-order chi connectivity index (χ0) is 23.4. The van der Waals surface area contributed by atoms with Gasteiger partial charge in [0.25, 0.3) is 11.4 Å². The number of allylic oxidation sites excluding steroid dienone is 2. The summed E-state index contributed by atoms with van der Waals surface area (Å²) >= 11 is 0. The van der Waals surface area contributed by atoms with E-state index in [0.29, 0.717) is 22.6 Å². The van der Waals surface area contributed by atoms with Crippen molar-refractivity contribution in [3.63, 3.8) is 0 Å². The minimum atomic E-state index is -0.428. The minimum Gasteiger partial charge on any atom is -0.258 e. The van der Waals surface area contributed by atoms with E-state index in [1.54, 1.807) is 26.0 Å². The largest absolute Gasteiger partial charge is 0.269 e. The monoisotopic (exact) mass is 433 g/mol. The van der Waals surface area contributed by atoms with E-state index in [2.05, 4.69) is 9.98 Å². The van der Waals surface area contributed by atoms with Crippen LogP contribution in [0.25, 0.3) is 0 Å². The fraction of sp³-hybridized carbons (Fsp3) is 0.261. The van der Waals surface area contributed by atoms with Gasteiger partial charge in [-0.15, -0.1) is 0 Å². The number of hydrogen-bond acceptors (Lipinski definition) is 7. The maximum Gasteiger partial charge on any atom is 0.269 e. The summed E-state index contributed by atoms with van der Waals surface area (Å²) in [6.45, 7) is 7.30. The van der Waals surface area contributed by atoms with Crippen molar-refractivity contribution in [1.82, 2.24) is 0 Å². The third-order valence-electron chi connectivity index (χ3n) is 5.12. The first-order chi connectivity index (χ1) is 15.2. The summed E-state index contributed by atoms with van der Waals surface area (Å²) in [5.74, 6) is 0. The van der Waals surface area contributed by atoms with E-state index in [9.17, 15) is 20.2 Å². The Labute approximate surface area is 185 Å². The lowest BCUT2D eigenvalue weighted by molar-refractivity contribution is -0.385. The smallest absolute Gasteiger partial charge is 0.258 e. The quantitative estimate of drug-likeness (QED) is 0.309. The average molecular weight is 433 g/mol. The lowest BCUT2D eigenvalue weighted by atomic mass is 10.0. The van der Waals surface area contributed by atoms with Gasteiger partial charge in [0.15, 0.2) is 0 Å². The maximum absolute atomic E-state index is 10.9. The molecule has 1 heterocycles. The van der Waals surface area contributed by atoms with E-state index in [-0.39, 0.29) is 11.4 Å². The molecule has 0 bridgehead atoms. The Hall–Kier alpha value is -4.01. The van der Waals surface area contributed by atoms with Gasteiger partial charge < -0.3 is 0 Å². The van der Waals surface area contributed by atoms with Crippen LogP contribution >= 0.6 is 0 Å². The molecule has 0 amide bonds. The number of nitro groups is 2. The summed E-state index contributed by atoms with van der Waals surface area (Å²) in [7, 11) is 0. The first-order valence-corrected chi connectivity index (χ1v) is 10.0. The van der Waals surface area contributed by atoms with Gasteiger partial charge in [-0.2, -0.15) is 0 Å². The highest BCUT2D eigenvalue weighted by atomic mass is 16.6. The van der Waals surface area contributed by atoms with E-state index in [0.717, 1.165) is 35.5 Å². The second-order valence-electron chi connectivity index (χ2n) is 7.54. The summed E-state index contributed by atoms with van der Waals surface area (Å²) in [4.78, 5) is 35.0. The van der Waals surface area contributed by atoms with Crippen LogP contribution in [0.15, 0.2) is 63.1 Å². The molecule has 0 atom stereocenters. The lowest BCUT2D eigenvalue weighted by Gasteiger charge is -2.13. The molecule has 2 aromatic rings. The molecule has 0 aromatic heterocycles. The highest BCUT2D eigenvalue weighted by Crippen LogP contribution is 2.27. The molecule has 3 rings (SSSR count). The van der Waals surface area contributed by atoms with Crippen molar-refractivity contribution >= 4 is 39.9 Å². The van der Waals surface area contributed by atoms with Crippen molar-refractivity contribution in [3.8, 4) is 0 Å². The van der Waals surface area contributed by atoms with Crippen LogP contribution in [0.4, 0.5) is 22.7 Å². The fourth-order valence-electron chi connectivity index (χ4n) is 3.32. The van der Waals surface area contributed by atoms with Gasteiger partial charge in [0.05, 0.1) is 44.1 Å². The van der Waals surface area contributed by atoms with Crippen LogP contribution in [0.3, 0.4) is 0 Å². The molecule has 0 aliphatic carbocycles. The van der Waals surface area contributed by atoms with E-state index >= 15 is 0 Å². The minimum absolute atomic E-state index is 0.0321. The molecule has 0 unspecified atom stereocenters. The molecule has 0 fully saturated rings. The molecular weight excluding hydrogens is 410 g/mol. The molecule has 0 spiro atoms. The molecule has 164 valence electrons. The Morgan fingerprint density at radius 3 is 1.84 bits per heavy atom. The molecule has 0 saturated carbocycles. The molecule has 32 heavy (non-hydrogen) atoms. The molecule has 1 aliphatic heterocycles. The van der Waals surface area contributed by atoms with E-state index in [1.165, 1.54) is 24.3 Å². The van der Waals surface area contributed by atoms with Gasteiger partial charge in [-0.05, 0) is 63.8 Å². The van der Waals surface area contributed by atoms with Gasteiger partial charge in [-0.3, -0.25) is 30.2 Å². The predicted molar refractivity (Wildman–Crippen MR) is 126 cm³/mol. The normalized spacial score (nSPS) is 14.6. The van der Waals surface area contributed by atoms with Crippen LogP contribution in [0, 0.1) is 34.1 Å². The second-order valence-corrected chi connectivity index (χ2v) is 7.54. The van der Waals surface area contributed by atoms with Crippen LogP contribution in [0.2, 0.25) is 0 Å². The zero-order valence-corrected chi connectivity index (χ0v) is 18.3. The number of aliphatic imine (C=N–C) groups is 3. The number of rotatable bonds is 6. The molecule has 2 aromatic carbocycles. The van der Waals surface area contributed by atoms with Gasteiger partial charge in [-0.1, -0.05) is 6.08 Å². The van der Waals surface area contributed by atoms with E-state index < -0.39 is 9.85 Å². The molecule has 0 saturated heterocycles. The first kappa shape index (κ1) is 22.7. The Morgan fingerprint density at radius 1 is 0.875 bits per heavy atom. The number of nitrogens with zero attached hydrogens (tertiary/aromatic N) is 5. The first-order valence-electron chi connectivity index (χ1n) is 10.0. The van der Waals surface area contributed by atoms with Gasteiger partial charge in [0.2, 0.25) is 0 Å². The van der Waals surface area contributed by atoms with Crippen LogP contribution in [0.5, 0.6) is 0 Å². The average Bonchev–Trinajstić information content (AvgIpc) is 2.76. The Bertz CT molecular complexity index is 1220. The van der Waals surface area contributed by atoms with Gasteiger partial charge in [0.1, 0.15) is 0 Å². The molecule has 0 radical (unpaired) electrons. The van der Waals surface area contributed by atoms with Crippen molar-refractivity contribution in [2.24, 2.45) is 15.0 Å². The highest BCUT2D eigenvalue weighted by molar-refractivity contribution is 6.42. The van der Waals surface area contributed by atoms with E-state index in [1.807, 2.05) is 19.9 Å². The van der Waals surface area contributed by atoms with Crippen LogP contribution in [0.1, 0.15) is 37.8 Å². The maximum atomic E-state index is 10.9. The summed E-state index contributed by atoms with van der Waals surface area (Å²) in [5.41, 5.74) is 5.83. The second kappa shape index (κ2) is 9.42. The number of non-ortho nitro benzene ring substituents is 2. The Kier molecular flexibility index (Phi) is 6.67. The third-order valence-corrected chi connectivity index (χ3v) is 5.12. The predicted octanol–water partition coefficient (Wildman–Crippen LogP) is 6.12. The van der Waals surface area contributed by atoms with E-state index in [4.69, 9.17) is 4.99 Å². The highest BCUT2D eigenvalue weighted by Gasteiger charge is 2.14. The molecule has 9 nitrogen and oxygen atoms in total. The Balaban J connectivity index is 1.86. The Morgan fingerprint density at radius 2 is 1.38 bits per heavy atom. The van der Waals surface area contributed by atoms with Crippen molar-refractivity contribution in [2.45, 2.75) is 40.5 Å². The molecular formula is C23H23N5O4. The van der Waals surface area contributed by atoms with Gasteiger partial charge in [0, 0.05) is 24.3 Å². The third kappa shape index (κ3) is 5.18. The lowest BCUT2D eigenvalue weighted by Crippen LogP contribution is -2.15. The fourth-order valence-corrected chi connectivity index (χ4v) is 3.32. The van der Waals surface area contributed by atoms with Crippen LogP contribution in [-0.4, -0.2) is 27.0 Å². The van der Waals surface area contributed by atoms with Crippen molar-refractivity contribution in [2.75, 3.05) is 0 Å². The summed E-state index contributed by atoms with van der Waals surface area (Å²) in [5, 5.41) is 21.9. The summed E-state index contributed by atoms with van der Waals surface area (Å²) in [6, 6.07) is 9.15. The zero-order valence-electron chi connectivity index (χ0n) is 18.3. The van der Waals surface area contributed by atoms with Gasteiger partial charge in [-0.25, -0.2) is 4.99 Å². The SMILES string of the molecule is CC(=Nc1ccc([N+](=O)[O-])cc1C)C1=CCCC(C(C)=Nc2ccc([N+](=O)[O-])cc2C)=N1. The summed E-state index contributed by atoms with van der Waals surface area (Å²) in [6.07, 6.45) is 3.52. The molecule has 9 heteroatoms. The van der Waals surface area contributed by atoms with Crippen molar-refractivity contribution < 1.29 is 9.85 Å². The number of nitro benzene ring substituents is 2.